The summed E-state index contributed by atoms with van der Waals surface area (Å²) in [7, 11) is 1.53. The topological polar surface area (TPSA) is 64.6 Å². The fourth-order valence-corrected chi connectivity index (χ4v) is 3.11. The Balaban J connectivity index is 1.89. The molecule has 0 unspecified atom stereocenters. The number of ether oxygens (including phenoxy) is 2. The van der Waals surface area contributed by atoms with E-state index in [0.29, 0.717) is 11.4 Å². The van der Waals surface area contributed by atoms with E-state index in [9.17, 15) is 9.59 Å². The highest BCUT2D eigenvalue weighted by Gasteiger charge is 2.19. The Morgan fingerprint density at radius 1 is 1.15 bits per heavy atom. The molecule has 0 spiro atoms. The van der Waals surface area contributed by atoms with Gasteiger partial charge in [-0.25, -0.2) is 0 Å². The van der Waals surface area contributed by atoms with Crippen LogP contribution in [0.4, 0.5) is 5.69 Å². The molecule has 1 amide bonds. The fourth-order valence-electron chi connectivity index (χ4n) is 2.29. The quantitative estimate of drug-likeness (QED) is 0.588. The van der Waals surface area contributed by atoms with E-state index in [0.717, 1.165) is 16.0 Å². The van der Waals surface area contributed by atoms with Crippen molar-refractivity contribution in [2.24, 2.45) is 0 Å². The van der Waals surface area contributed by atoms with Gasteiger partial charge in [-0.15, -0.1) is 11.8 Å². The Bertz CT molecular complexity index is 791. The minimum absolute atomic E-state index is 0.149. The first-order valence-electron chi connectivity index (χ1n) is 8.24. The molecule has 2 rings (SSSR count). The number of aryl methyl sites for hydroxylation is 2. The smallest absolute Gasteiger partial charge is 0.317 e. The van der Waals surface area contributed by atoms with Gasteiger partial charge in [0.05, 0.1) is 18.6 Å². The summed E-state index contributed by atoms with van der Waals surface area (Å²) >= 11 is 1.39. The normalized spacial score (nSPS) is 11.5. The van der Waals surface area contributed by atoms with Gasteiger partial charge in [0.25, 0.3) is 5.91 Å². The highest BCUT2D eigenvalue weighted by atomic mass is 32.2. The first kappa shape index (κ1) is 19.8. The minimum atomic E-state index is -0.898. The molecule has 0 fully saturated rings. The van der Waals surface area contributed by atoms with Crippen LogP contribution in [-0.4, -0.2) is 30.8 Å². The third-order valence-corrected chi connectivity index (χ3v) is 4.88. The highest BCUT2D eigenvalue weighted by Crippen LogP contribution is 2.25. The summed E-state index contributed by atoms with van der Waals surface area (Å²) in [5, 5.41) is 2.74. The molecule has 0 aliphatic carbocycles. The average molecular weight is 373 g/mol. The zero-order valence-electron chi connectivity index (χ0n) is 15.4. The second-order valence-electron chi connectivity index (χ2n) is 5.88. The predicted molar refractivity (Wildman–Crippen MR) is 104 cm³/mol. The Kier molecular flexibility index (Phi) is 7.09. The van der Waals surface area contributed by atoms with E-state index in [2.05, 4.69) is 5.32 Å². The van der Waals surface area contributed by atoms with Gasteiger partial charge in [-0.3, -0.25) is 9.59 Å². The first-order valence-corrected chi connectivity index (χ1v) is 9.22. The van der Waals surface area contributed by atoms with Crippen LogP contribution in [-0.2, 0) is 14.3 Å². The lowest BCUT2D eigenvalue weighted by molar-refractivity contribution is -0.150. The van der Waals surface area contributed by atoms with Crippen LogP contribution in [0.15, 0.2) is 47.4 Å². The maximum Gasteiger partial charge on any atom is 0.317 e. The summed E-state index contributed by atoms with van der Waals surface area (Å²) in [6.07, 6.45) is -0.898. The van der Waals surface area contributed by atoms with Crippen LogP contribution < -0.4 is 10.1 Å². The molecular weight excluding hydrogens is 350 g/mol. The molecule has 0 saturated carbocycles. The largest absolute Gasteiger partial charge is 0.495 e. The van der Waals surface area contributed by atoms with Gasteiger partial charge in [0.1, 0.15) is 5.75 Å². The van der Waals surface area contributed by atoms with Crippen LogP contribution in [0.2, 0.25) is 0 Å². The van der Waals surface area contributed by atoms with Gasteiger partial charge in [-0.05, 0) is 50.1 Å². The molecule has 2 aromatic rings. The van der Waals surface area contributed by atoms with Crippen molar-refractivity contribution in [3.8, 4) is 5.75 Å². The van der Waals surface area contributed by atoms with Crippen molar-refractivity contribution in [2.45, 2.75) is 31.8 Å². The molecule has 0 radical (unpaired) electrons. The van der Waals surface area contributed by atoms with E-state index in [1.54, 1.807) is 19.1 Å². The third-order valence-electron chi connectivity index (χ3n) is 3.73. The average Bonchev–Trinajstić information content (AvgIpc) is 2.61. The van der Waals surface area contributed by atoms with Gasteiger partial charge >= 0.3 is 5.97 Å². The Hall–Kier alpha value is -2.47. The highest BCUT2D eigenvalue weighted by molar-refractivity contribution is 8.00. The van der Waals surface area contributed by atoms with Crippen LogP contribution >= 0.6 is 11.8 Å². The first-order chi connectivity index (χ1) is 12.4. The van der Waals surface area contributed by atoms with E-state index in [4.69, 9.17) is 9.47 Å². The van der Waals surface area contributed by atoms with E-state index in [-0.39, 0.29) is 5.75 Å². The van der Waals surface area contributed by atoms with Crippen LogP contribution in [0.3, 0.4) is 0 Å². The molecule has 5 nitrogen and oxygen atoms in total. The summed E-state index contributed by atoms with van der Waals surface area (Å²) in [6.45, 7) is 5.45. The van der Waals surface area contributed by atoms with Crippen molar-refractivity contribution in [3.05, 3.63) is 53.6 Å². The second kappa shape index (κ2) is 9.29. The molecule has 2 aromatic carbocycles. The van der Waals surface area contributed by atoms with Crippen LogP contribution in [0, 0.1) is 13.8 Å². The summed E-state index contributed by atoms with van der Waals surface area (Å²) in [5.41, 5.74) is 2.64. The Labute approximate surface area is 158 Å². The fraction of sp³-hybridized carbons (Fsp3) is 0.300. The number of thioether (sulfide) groups is 1. The number of esters is 1. The number of nitrogens with one attached hydrogen (secondary N) is 1. The molecule has 0 heterocycles. The molecule has 1 N–H and O–H groups in total. The maximum absolute atomic E-state index is 12.3. The molecule has 6 heteroatoms. The summed E-state index contributed by atoms with van der Waals surface area (Å²) in [5.74, 6) is -0.131. The van der Waals surface area contributed by atoms with Crippen molar-refractivity contribution in [1.29, 1.82) is 0 Å². The van der Waals surface area contributed by atoms with Crippen molar-refractivity contribution < 1.29 is 19.1 Å². The van der Waals surface area contributed by atoms with Crippen LogP contribution in [0.25, 0.3) is 0 Å². The Morgan fingerprint density at radius 3 is 2.58 bits per heavy atom. The van der Waals surface area contributed by atoms with Gasteiger partial charge in [0.15, 0.2) is 6.10 Å². The molecule has 1 atom stereocenters. The van der Waals surface area contributed by atoms with E-state index < -0.39 is 18.0 Å². The second-order valence-corrected chi connectivity index (χ2v) is 6.90. The van der Waals surface area contributed by atoms with Crippen molar-refractivity contribution in [2.75, 3.05) is 18.2 Å². The number of anilines is 1. The van der Waals surface area contributed by atoms with Crippen LogP contribution in [0.5, 0.6) is 5.75 Å². The standard InChI is InChI=1S/C20H23NO4S/c1-13-9-10-17(24-4)16(11-13)21-20(23)15(3)25-19(22)12-26-18-8-6-5-7-14(18)2/h5-11,15H,12H2,1-4H3,(H,21,23)/t15-/m1/s1. The van der Waals surface area contributed by atoms with E-state index in [1.807, 2.05) is 44.2 Å². The minimum Gasteiger partial charge on any atom is -0.495 e. The van der Waals surface area contributed by atoms with E-state index in [1.165, 1.54) is 18.9 Å². The SMILES string of the molecule is COc1ccc(C)cc1NC(=O)[C@@H](C)OC(=O)CSc1ccccc1C. The van der Waals surface area contributed by atoms with Gasteiger partial charge in [0.2, 0.25) is 0 Å². The third kappa shape index (κ3) is 5.52. The predicted octanol–water partition coefficient (Wildman–Crippen LogP) is 3.97. The van der Waals surface area contributed by atoms with Gasteiger partial charge in [0, 0.05) is 4.90 Å². The number of benzene rings is 2. The molecule has 0 saturated heterocycles. The number of carbonyl (C=O) groups is 2. The lowest BCUT2D eigenvalue weighted by Crippen LogP contribution is -2.30. The van der Waals surface area contributed by atoms with Crippen molar-refractivity contribution in [3.63, 3.8) is 0 Å². The summed E-state index contributed by atoms with van der Waals surface area (Å²) in [6, 6.07) is 13.3. The summed E-state index contributed by atoms with van der Waals surface area (Å²) < 4.78 is 10.5. The molecule has 0 aliphatic heterocycles. The molecule has 0 aliphatic rings. The number of rotatable bonds is 7. The summed E-state index contributed by atoms with van der Waals surface area (Å²) in [4.78, 5) is 25.3. The van der Waals surface area contributed by atoms with Crippen molar-refractivity contribution >= 4 is 29.3 Å². The molecule has 138 valence electrons. The van der Waals surface area contributed by atoms with Crippen molar-refractivity contribution in [1.82, 2.24) is 0 Å². The van der Waals surface area contributed by atoms with Gasteiger partial charge in [-0.1, -0.05) is 24.3 Å². The zero-order valence-corrected chi connectivity index (χ0v) is 16.2. The Morgan fingerprint density at radius 2 is 1.88 bits per heavy atom. The number of hydrogen-bond donors (Lipinski definition) is 1. The van der Waals surface area contributed by atoms with Gasteiger partial charge < -0.3 is 14.8 Å². The molecule has 26 heavy (non-hydrogen) atoms. The zero-order chi connectivity index (χ0) is 19.1. The number of carbonyl (C=O) groups excluding carboxylic acids is 2. The maximum atomic E-state index is 12.3. The molecule has 0 aromatic heterocycles. The number of methoxy groups -OCH3 is 1. The number of hydrogen-bond acceptors (Lipinski definition) is 5. The number of amides is 1. The monoisotopic (exact) mass is 373 g/mol. The lowest BCUT2D eigenvalue weighted by Gasteiger charge is -2.15. The molecular formula is C20H23NO4S. The van der Waals surface area contributed by atoms with Crippen LogP contribution in [0.1, 0.15) is 18.1 Å². The van der Waals surface area contributed by atoms with E-state index >= 15 is 0 Å². The van der Waals surface area contributed by atoms with Gasteiger partial charge in [-0.2, -0.15) is 0 Å². The molecule has 0 bridgehead atoms. The lowest BCUT2D eigenvalue weighted by atomic mass is 10.2.